The lowest BCUT2D eigenvalue weighted by Gasteiger charge is -2.26. The SMILES string of the molecule is CC1=CC(C)CC(CNc2cc(C)cc(F)c2)C1. The Morgan fingerprint density at radius 1 is 1.28 bits per heavy atom. The summed E-state index contributed by atoms with van der Waals surface area (Å²) in [5.41, 5.74) is 3.34. The zero-order chi connectivity index (χ0) is 13.1. The maximum absolute atomic E-state index is 13.3. The molecule has 1 aromatic rings. The van der Waals surface area contributed by atoms with Crippen LogP contribution in [0.15, 0.2) is 29.8 Å². The maximum Gasteiger partial charge on any atom is 0.125 e. The lowest BCUT2D eigenvalue weighted by molar-refractivity contribution is 0.421. The van der Waals surface area contributed by atoms with E-state index in [9.17, 15) is 4.39 Å². The van der Waals surface area contributed by atoms with Crippen molar-refractivity contribution in [2.75, 3.05) is 11.9 Å². The van der Waals surface area contributed by atoms with Crippen LogP contribution in [0.25, 0.3) is 0 Å². The Kier molecular flexibility index (Phi) is 4.05. The van der Waals surface area contributed by atoms with Gasteiger partial charge in [-0.25, -0.2) is 4.39 Å². The van der Waals surface area contributed by atoms with Gasteiger partial charge in [-0.05, 0) is 62.3 Å². The van der Waals surface area contributed by atoms with Crippen LogP contribution in [-0.4, -0.2) is 6.54 Å². The summed E-state index contributed by atoms with van der Waals surface area (Å²) in [5.74, 6) is 1.17. The van der Waals surface area contributed by atoms with E-state index in [0.717, 1.165) is 24.2 Å². The van der Waals surface area contributed by atoms with E-state index >= 15 is 0 Å². The first-order chi connectivity index (χ1) is 8.52. The molecule has 1 aromatic carbocycles. The molecule has 2 rings (SSSR count). The molecule has 0 saturated heterocycles. The molecule has 0 aromatic heterocycles. The van der Waals surface area contributed by atoms with Crippen LogP contribution >= 0.6 is 0 Å². The Morgan fingerprint density at radius 3 is 2.72 bits per heavy atom. The highest BCUT2D eigenvalue weighted by atomic mass is 19.1. The van der Waals surface area contributed by atoms with E-state index in [0.29, 0.717) is 11.8 Å². The van der Waals surface area contributed by atoms with Crippen molar-refractivity contribution < 1.29 is 4.39 Å². The minimum Gasteiger partial charge on any atom is -0.385 e. The van der Waals surface area contributed by atoms with Crippen molar-refractivity contribution >= 4 is 5.69 Å². The summed E-state index contributed by atoms with van der Waals surface area (Å²) in [6.07, 6.45) is 4.74. The van der Waals surface area contributed by atoms with E-state index in [1.165, 1.54) is 12.0 Å². The molecule has 0 fully saturated rings. The number of anilines is 1. The van der Waals surface area contributed by atoms with E-state index in [2.05, 4.69) is 25.2 Å². The summed E-state index contributed by atoms with van der Waals surface area (Å²) < 4.78 is 13.3. The molecule has 2 heteroatoms. The Morgan fingerprint density at radius 2 is 2.06 bits per heavy atom. The Labute approximate surface area is 109 Å². The molecular formula is C16H22FN. The zero-order valence-corrected chi connectivity index (χ0v) is 11.5. The fourth-order valence-corrected chi connectivity index (χ4v) is 2.94. The fourth-order valence-electron chi connectivity index (χ4n) is 2.94. The first-order valence-electron chi connectivity index (χ1n) is 6.71. The van der Waals surface area contributed by atoms with Gasteiger partial charge < -0.3 is 5.32 Å². The average Bonchev–Trinajstić information content (AvgIpc) is 2.23. The predicted octanol–water partition coefficient (Wildman–Crippen LogP) is 4.54. The molecule has 0 amide bonds. The standard InChI is InChI=1S/C16H22FN/c1-11-4-12(2)6-14(5-11)10-18-16-8-13(3)7-15(17)9-16/h4,7-9,11,14,18H,5-6,10H2,1-3H3. The Hall–Kier alpha value is -1.31. The number of hydrogen-bond donors (Lipinski definition) is 1. The smallest absolute Gasteiger partial charge is 0.125 e. The van der Waals surface area contributed by atoms with E-state index in [1.807, 2.05) is 13.0 Å². The Bertz CT molecular complexity index is 430. The van der Waals surface area contributed by atoms with Crippen molar-refractivity contribution in [1.29, 1.82) is 0 Å². The number of aryl methyl sites for hydroxylation is 1. The van der Waals surface area contributed by atoms with Gasteiger partial charge in [0.05, 0.1) is 0 Å². The molecule has 2 atom stereocenters. The first kappa shape index (κ1) is 13.1. The molecular weight excluding hydrogens is 225 g/mol. The minimum atomic E-state index is -0.161. The van der Waals surface area contributed by atoms with Gasteiger partial charge in [0.2, 0.25) is 0 Å². The van der Waals surface area contributed by atoms with E-state index in [4.69, 9.17) is 0 Å². The number of nitrogens with one attached hydrogen (secondary N) is 1. The van der Waals surface area contributed by atoms with Crippen molar-refractivity contribution in [3.63, 3.8) is 0 Å². The molecule has 2 unspecified atom stereocenters. The number of halogens is 1. The number of hydrogen-bond acceptors (Lipinski definition) is 1. The van der Waals surface area contributed by atoms with Crippen molar-refractivity contribution in [1.82, 2.24) is 0 Å². The molecule has 0 radical (unpaired) electrons. The van der Waals surface area contributed by atoms with Crippen LogP contribution in [0, 0.1) is 24.6 Å². The highest BCUT2D eigenvalue weighted by molar-refractivity contribution is 5.46. The fraction of sp³-hybridized carbons (Fsp3) is 0.500. The second kappa shape index (κ2) is 5.55. The van der Waals surface area contributed by atoms with Gasteiger partial charge in [0, 0.05) is 12.2 Å². The van der Waals surface area contributed by atoms with E-state index in [-0.39, 0.29) is 5.82 Å². The summed E-state index contributed by atoms with van der Waals surface area (Å²) >= 11 is 0. The van der Waals surface area contributed by atoms with Crippen LogP contribution in [0.2, 0.25) is 0 Å². The molecule has 0 aliphatic heterocycles. The quantitative estimate of drug-likeness (QED) is 0.773. The predicted molar refractivity (Wildman–Crippen MR) is 75.3 cm³/mol. The van der Waals surface area contributed by atoms with Gasteiger partial charge in [0.1, 0.15) is 5.82 Å². The molecule has 0 saturated carbocycles. The molecule has 1 aliphatic rings. The second-order valence-electron chi connectivity index (χ2n) is 5.69. The molecule has 18 heavy (non-hydrogen) atoms. The van der Waals surface area contributed by atoms with Gasteiger partial charge in [-0.2, -0.15) is 0 Å². The molecule has 0 bridgehead atoms. The molecule has 1 aliphatic carbocycles. The third-order valence-electron chi connectivity index (χ3n) is 3.52. The van der Waals surface area contributed by atoms with E-state index in [1.54, 1.807) is 12.1 Å². The largest absolute Gasteiger partial charge is 0.385 e. The van der Waals surface area contributed by atoms with Gasteiger partial charge in [0.15, 0.2) is 0 Å². The summed E-state index contributed by atoms with van der Waals surface area (Å²) in [5, 5.41) is 3.37. The summed E-state index contributed by atoms with van der Waals surface area (Å²) in [4.78, 5) is 0. The topological polar surface area (TPSA) is 12.0 Å². The first-order valence-corrected chi connectivity index (χ1v) is 6.71. The van der Waals surface area contributed by atoms with Crippen LogP contribution in [0.5, 0.6) is 0 Å². The normalized spacial score (nSPS) is 23.7. The summed E-state index contributed by atoms with van der Waals surface area (Å²) in [7, 11) is 0. The van der Waals surface area contributed by atoms with Crippen molar-refractivity contribution in [2.45, 2.75) is 33.6 Å². The monoisotopic (exact) mass is 247 g/mol. The van der Waals surface area contributed by atoms with Gasteiger partial charge in [-0.15, -0.1) is 0 Å². The van der Waals surface area contributed by atoms with Gasteiger partial charge >= 0.3 is 0 Å². The van der Waals surface area contributed by atoms with E-state index < -0.39 is 0 Å². The molecule has 1 N–H and O–H groups in total. The van der Waals surface area contributed by atoms with Gasteiger partial charge in [0.25, 0.3) is 0 Å². The van der Waals surface area contributed by atoms with Crippen LogP contribution in [-0.2, 0) is 0 Å². The van der Waals surface area contributed by atoms with Crippen LogP contribution in [0.3, 0.4) is 0 Å². The van der Waals surface area contributed by atoms with Crippen LogP contribution in [0.1, 0.15) is 32.3 Å². The summed E-state index contributed by atoms with van der Waals surface area (Å²) in [6, 6.07) is 5.13. The lowest BCUT2D eigenvalue weighted by Crippen LogP contribution is -2.20. The van der Waals surface area contributed by atoms with Crippen molar-refractivity contribution in [3.8, 4) is 0 Å². The number of allylic oxidation sites excluding steroid dienone is 2. The van der Waals surface area contributed by atoms with Gasteiger partial charge in [-0.3, -0.25) is 0 Å². The third-order valence-corrected chi connectivity index (χ3v) is 3.52. The molecule has 98 valence electrons. The Balaban J connectivity index is 1.93. The van der Waals surface area contributed by atoms with Crippen molar-refractivity contribution in [2.24, 2.45) is 11.8 Å². The molecule has 0 heterocycles. The highest BCUT2D eigenvalue weighted by Gasteiger charge is 2.17. The van der Waals surface area contributed by atoms with Gasteiger partial charge in [-0.1, -0.05) is 18.6 Å². The lowest BCUT2D eigenvalue weighted by atomic mass is 9.84. The van der Waals surface area contributed by atoms with Crippen LogP contribution in [0.4, 0.5) is 10.1 Å². The summed E-state index contributed by atoms with van der Waals surface area (Å²) in [6.45, 7) is 7.32. The zero-order valence-electron chi connectivity index (χ0n) is 11.5. The van der Waals surface area contributed by atoms with Crippen molar-refractivity contribution in [3.05, 3.63) is 41.2 Å². The molecule has 0 spiro atoms. The number of benzene rings is 1. The highest BCUT2D eigenvalue weighted by Crippen LogP contribution is 2.28. The second-order valence-corrected chi connectivity index (χ2v) is 5.69. The third kappa shape index (κ3) is 3.59. The molecule has 1 nitrogen and oxygen atoms in total. The van der Waals surface area contributed by atoms with Crippen LogP contribution < -0.4 is 5.32 Å². The maximum atomic E-state index is 13.3. The minimum absolute atomic E-state index is 0.161. The average molecular weight is 247 g/mol. The number of rotatable bonds is 3.